The zero-order valence-corrected chi connectivity index (χ0v) is 11.8. The monoisotopic (exact) mass is 242 g/mol. The number of rotatable bonds is 0. The van der Waals surface area contributed by atoms with Crippen molar-refractivity contribution in [3.05, 3.63) is 24.3 Å². The molecule has 2 saturated carbocycles. The molecule has 0 bridgehead atoms. The van der Waals surface area contributed by atoms with Gasteiger partial charge in [0.25, 0.3) is 0 Å². The summed E-state index contributed by atoms with van der Waals surface area (Å²) in [6.07, 6.45) is 16.3. The van der Waals surface area contributed by atoms with E-state index in [-0.39, 0.29) is 0 Å². The molecule has 0 nitrogen and oxygen atoms in total. The SMILES string of the molecule is CC1CC2C=CC3CC(C)CC4C=CC(C1)C2C34. The van der Waals surface area contributed by atoms with Crippen molar-refractivity contribution < 1.29 is 0 Å². The van der Waals surface area contributed by atoms with Gasteiger partial charge in [-0.1, -0.05) is 38.2 Å². The molecule has 0 N–H and O–H groups in total. The minimum absolute atomic E-state index is 0.904. The van der Waals surface area contributed by atoms with E-state index in [1.165, 1.54) is 25.7 Å². The molecule has 0 heteroatoms. The molecule has 4 unspecified atom stereocenters. The maximum absolute atomic E-state index is 2.61. The van der Waals surface area contributed by atoms with Crippen molar-refractivity contribution in [1.29, 1.82) is 0 Å². The summed E-state index contributed by atoms with van der Waals surface area (Å²) in [5.74, 6) is 7.48. The maximum Gasteiger partial charge on any atom is -0.0194 e. The van der Waals surface area contributed by atoms with Gasteiger partial charge in [-0.05, 0) is 73.0 Å². The molecule has 0 aromatic rings. The topological polar surface area (TPSA) is 0 Å². The Balaban J connectivity index is 1.74. The largest absolute Gasteiger partial charge is 0.0848 e. The summed E-state index contributed by atoms with van der Waals surface area (Å²) in [6, 6.07) is 0. The normalized spacial score (nSPS) is 57.2. The highest BCUT2D eigenvalue weighted by molar-refractivity contribution is 5.19. The second-order valence-electron chi connectivity index (χ2n) is 7.73. The van der Waals surface area contributed by atoms with Gasteiger partial charge in [0.1, 0.15) is 0 Å². The summed E-state index contributed by atoms with van der Waals surface area (Å²) in [5, 5.41) is 0. The molecule has 4 rings (SSSR count). The van der Waals surface area contributed by atoms with E-state index in [2.05, 4.69) is 38.2 Å². The Morgan fingerprint density at radius 2 is 0.833 bits per heavy atom. The summed E-state index contributed by atoms with van der Waals surface area (Å²) in [4.78, 5) is 0. The molecule has 4 aliphatic rings. The first kappa shape index (κ1) is 11.3. The van der Waals surface area contributed by atoms with Gasteiger partial charge < -0.3 is 0 Å². The Bertz CT molecular complexity index is 321. The van der Waals surface area contributed by atoms with E-state index < -0.39 is 0 Å². The summed E-state index contributed by atoms with van der Waals surface area (Å²) >= 11 is 0. The second kappa shape index (κ2) is 3.99. The van der Waals surface area contributed by atoms with Crippen molar-refractivity contribution in [2.45, 2.75) is 39.5 Å². The third-order valence-corrected chi connectivity index (χ3v) is 6.33. The van der Waals surface area contributed by atoms with Gasteiger partial charge in [-0.2, -0.15) is 0 Å². The molecule has 4 atom stereocenters. The highest BCUT2D eigenvalue weighted by Gasteiger charge is 2.49. The van der Waals surface area contributed by atoms with Gasteiger partial charge in [0.15, 0.2) is 0 Å². The molecule has 0 aromatic carbocycles. The van der Waals surface area contributed by atoms with E-state index in [9.17, 15) is 0 Å². The van der Waals surface area contributed by atoms with E-state index >= 15 is 0 Å². The van der Waals surface area contributed by atoms with Gasteiger partial charge in [0, 0.05) is 0 Å². The Morgan fingerprint density at radius 3 is 1.11 bits per heavy atom. The summed E-state index contributed by atoms with van der Waals surface area (Å²) < 4.78 is 0. The van der Waals surface area contributed by atoms with E-state index in [1.807, 2.05) is 0 Å². The van der Waals surface area contributed by atoms with Crippen molar-refractivity contribution in [3.63, 3.8) is 0 Å². The van der Waals surface area contributed by atoms with Gasteiger partial charge in [-0.15, -0.1) is 0 Å². The van der Waals surface area contributed by atoms with Crippen LogP contribution in [0.5, 0.6) is 0 Å². The average molecular weight is 242 g/mol. The molecule has 2 fully saturated rings. The summed E-state index contributed by atoms with van der Waals surface area (Å²) in [5.41, 5.74) is 0. The highest BCUT2D eigenvalue weighted by Crippen LogP contribution is 2.57. The zero-order chi connectivity index (χ0) is 12.3. The molecule has 98 valence electrons. The fourth-order valence-electron chi connectivity index (χ4n) is 5.85. The Morgan fingerprint density at radius 1 is 0.556 bits per heavy atom. The molecule has 0 amide bonds. The first-order valence-corrected chi connectivity index (χ1v) is 8.09. The molecular weight excluding hydrogens is 216 g/mol. The molecule has 0 saturated heterocycles. The number of allylic oxidation sites excluding steroid dienone is 4. The van der Waals surface area contributed by atoms with Crippen LogP contribution in [-0.4, -0.2) is 0 Å². The Kier molecular flexibility index (Phi) is 2.51. The minimum atomic E-state index is 0.904. The quantitative estimate of drug-likeness (QED) is 0.541. The van der Waals surface area contributed by atoms with Crippen molar-refractivity contribution in [3.8, 4) is 0 Å². The van der Waals surface area contributed by atoms with Crippen LogP contribution < -0.4 is 0 Å². The van der Waals surface area contributed by atoms with E-state index in [1.54, 1.807) is 0 Å². The van der Waals surface area contributed by atoms with Crippen LogP contribution in [0.3, 0.4) is 0 Å². The van der Waals surface area contributed by atoms with Gasteiger partial charge in [-0.25, -0.2) is 0 Å². The van der Waals surface area contributed by atoms with Crippen molar-refractivity contribution in [1.82, 2.24) is 0 Å². The summed E-state index contributed by atoms with van der Waals surface area (Å²) in [7, 11) is 0. The van der Waals surface area contributed by atoms with Crippen LogP contribution >= 0.6 is 0 Å². The Labute approximate surface area is 112 Å². The van der Waals surface area contributed by atoms with Crippen molar-refractivity contribution >= 4 is 0 Å². The molecule has 0 radical (unpaired) electrons. The first-order chi connectivity index (χ1) is 8.72. The van der Waals surface area contributed by atoms with Gasteiger partial charge in [0.2, 0.25) is 0 Å². The molecule has 4 aliphatic carbocycles. The smallest absolute Gasteiger partial charge is 0.0194 e. The van der Waals surface area contributed by atoms with Crippen LogP contribution in [0.1, 0.15) is 39.5 Å². The van der Waals surface area contributed by atoms with Gasteiger partial charge in [0.05, 0.1) is 0 Å². The van der Waals surface area contributed by atoms with Crippen LogP contribution in [0.15, 0.2) is 24.3 Å². The van der Waals surface area contributed by atoms with Crippen LogP contribution in [0.25, 0.3) is 0 Å². The number of hydrogen-bond donors (Lipinski definition) is 0. The van der Waals surface area contributed by atoms with Crippen LogP contribution in [0, 0.1) is 47.3 Å². The molecular formula is C18H26. The molecule has 0 aromatic heterocycles. The predicted octanol–water partition coefficient (Wildman–Crippen LogP) is 4.68. The molecule has 0 aliphatic heterocycles. The third kappa shape index (κ3) is 1.57. The fraction of sp³-hybridized carbons (Fsp3) is 0.778. The average Bonchev–Trinajstić information content (AvgIpc) is 2.34. The lowest BCUT2D eigenvalue weighted by Crippen LogP contribution is -2.47. The van der Waals surface area contributed by atoms with E-state index in [4.69, 9.17) is 0 Å². The molecule has 0 spiro atoms. The fourth-order valence-corrected chi connectivity index (χ4v) is 5.85. The standard InChI is InChI=1S/C18H26/c1-11-7-13-3-5-15-9-12(2)10-16-6-4-14(8-11)17(13)18(15)16/h3-6,11-18H,7-10H2,1-2H3. The zero-order valence-electron chi connectivity index (χ0n) is 11.8. The lowest BCUT2D eigenvalue weighted by atomic mass is 9.50. The van der Waals surface area contributed by atoms with Crippen molar-refractivity contribution in [2.24, 2.45) is 47.3 Å². The highest BCUT2D eigenvalue weighted by atomic mass is 14.5. The van der Waals surface area contributed by atoms with Crippen LogP contribution in [0.2, 0.25) is 0 Å². The maximum atomic E-state index is 2.61. The first-order valence-electron chi connectivity index (χ1n) is 8.09. The molecule has 0 heterocycles. The number of hydrogen-bond acceptors (Lipinski definition) is 0. The Hall–Kier alpha value is -0.520. The van der Waals surface area contributed by atoms with Crippen molar-refractivity contribution in [2.75, 3.05) is 0 Å². The minimum Gasteiger partial charge on any atom is -0.0848 e. The lowest BCUT2D eigenvalue weighted by molar-refractivity contribution is 0.00967. The van der Waals surface area contributed by atoms with E-state index in [0.29, 0.717) is 0 Å². The van der Waals surface area contributed by atoms with Gasteiger partial charge in [-0.3, -0.25) is 0 Å². The lowest BCUT2D eigenvalue weighted by Gasteiger charge is -2.55. The summed E-state index contributed by atoms with van der Waals surface area (Å²) in [6.45, 7) is 4.91. The van der Waals surface area contributed by atoms with E-state index in [0.717, 1.165) is 47.3 Å². The second-order valence-corrected chi connectivity index (χ2v) is 7.73. The molecule has 18 heavy (non-hydrogen) atoms. The van der Waals surface area contributed by atoms with Crippen LogP contribution in [0.4, 0.5) is 0 Å². The van der Waals surface area contributed by atoms with Crippen LogP contribution in [-0.2, 0) is 0 Å². The third-order valence-electron chi connectivity index (χ3n) is 6.33. The van der Waals surface area contributed by atoms with Gasteiger partial charge >= 0.3 is 0 Å². The predicted molar refractivity (Wildman–Crippen MR) is 76.0 cm³/mol.